The molecule has 0 amide bonds. The van der Waals surface area contributed by atoms with Crippen LogP contribution in [-0.2, 0) is 6.54 Å². The summed E-state index contributed by atoms with van der Waals surface area (Å²) in [4.78, 5) is 4.12. The number of benzene rings is 2. The lowest BCUT2D eigenvalue weighted by molar-refractivity contribution is 0.324. The predicted molar refractivity (Wildman–Crippen MR) is 99.8 cm³/mol. The number of nitrogens with zero attached hydrogens (tertiary/aromatic N) is 1. The quantitative estimate of drug-likeness (QED) is 0.690. The van der Waals surface area contributed by atoms with E-state index in [2.05, 4.69) is 10.3 Å². The van der Waals surface area contributed by atoms with Gasteiger partial charge in [-0.15, -0.1) is 0 Å². The predicted octanol–water partition coefficient (Wildman–Crippen LogP) is 4.46. The number of ether oxygens (including phenoxy) is 3. The van der Waals surface area contributed by atoms with Crippen molar-refractivity contribution in [1.29, 1.82) is 0 Å². The van der Waals surface area contributed by atoms with Crippen molar-refractivity contribution in [2.45, 2.75) is 13.5 Å². The lowest BCUT2D eigenvalue weighted by atomic mass is 10.1. The molecule has 0 saturated carbocycles. The SMILES string of the molecule is COc1cc(CNc2cc(C)nc3c(F)c(F)ccc23)cc(OC)c1OC. The Morgan fingerprint density at radius 1 is 0.963 bits per heavy atom. The molecular formula is C20H20F2N2O3. The minimum atomic E-state index is -0.952. The molecule has 5 nitrogen and oxygen atoms in total. The van der Waals surface area contributed by atoms with Gasteiger partial charge in [0.15, 0.2) is 23.1 Å². The molecule has 1 heterocycles. The maximum Gasteiger partial charge on any atom is 0.203 e. The second kappa shape index (κ2) is 7.65. The van der Waals surface area contributed by atoms with Crippen molar-refractivity contribution in [3.63, 3.8) is 0 Å². The number of hydrogen-bond acceptors (Lipinski definition) is 5. The van der Waals surface area contributed by atoms with Crippen LogP contribution in [0.1, 0.15) is 11.3 Å². The minimum Gasteiger partial charge on any atom is -0.493 e. The Labute approximate surface area is 155 Å². The zero-order valence-electron chi connectivity index (χ0n) is 15.5. The highest BCUT2D eigenvalue weighted by Gasteiger charge is 2.15. The number of fused-ring (bicyclic) bond motifs is 1. The van der Waals surface area contributed by atoms with Gasteiger partial charge in [0.25, 0.3) is 0 Å². The van der Waals surface area contributed by atoms with Crippen LogP contribution in [0, 0.1) is 18.6 Å². The van der Waals surface area contributed by atoms with Crippen molar-refractivity contribution >= 4 is 16.6 Å². The maximum atomic E-state index is 14.1. The van der Waals surface area contributed by atoms with Gasteiger partial charge in [-0.1, -0.05) is 0 Å². The van der Waals surface area contributed by atoms with Gasteiger partial charge in [-0.2, -0.15) is 0 Å². The molecule has 0 radical (unpaired) electrons. The Morgan fingerprint density at radius 3 is 2.22 bits per heavy atom. The van der Waals surface area contributed by atoms with Crippen molar-refractivity contribution in [3.05, 3.63) is 53.2 Å². The highest BCUT2D eigenvalue weighted by atomic mass is 19.2. The van der Waals surface area contributed by atoms with Crippen LogP contribution in [-0.4, -0.2) is 26.3 Å². The number of pyridine rings is 1. The van der Waals surface area contributed by atoms with Gasteiger partial charge in [-0.3, -0.25) is 0 Å². The number of nitrogens with one attached hydrogen (secondary N) is 1. The second-order valence-electron chi connectivity index (χ2n) is 5.96. The molecule has 0 bridgehead atoms. The molecule has 27 heavy (non-hydrogen) atoms. The minimum absolute atomic E-state index is 0.00221. The summed E-state index contributed by atoms with van der Waals surface area (Å²) in [5, 5.41) is 3.76. The summed E-state index contributed by atoms with van der Waals surface area (Å²) in [5.41, 5.74) is 2.11. The largest absolute Gasteiger partial charge is 0.493 e. The Balaban J connectivity index is 1.97. The van der Waals surface area contributed by atoms with Crippen molar-refractivity contribution in [3.8, 4) is 17.2 Å². The third-order valence-electron chi connectivity index (χ3n) is 4.21. The number of hydrogen-bond donors (Lipinski definition) is 1. The van der Waals surface area contributed by atoms with Crippen LogP contribution in [0.4, 0.5) is 14.5 Å². The molecule has 1 aromatic heterocycles. The molecule has 1 N–H and O–H groups in total. The van der Waals surface area contributed by atoms with Gasteiger partial charge < -0.3 is 19.5 Å². The smallest absolute Gasteiger partial charge is 0.203 e. The van der Waals surface area contributed by atoms with E-state index in [4.69, 9.17) is 14.2 Å². The van der Waals surface area contributed by atoms with E-state index < -0.39 is 11.6 Å². The number of rotatable bonds is 6. The molecule has 0 fully saturated rings. The molecule has 0 aliphatic heterocycles. The van der Waals surface area contributed by atoms with Crippen LogP contribution in [0.5, 0.6) is 17.2 Å². The Hall–Kier alpha value is -3.09. The number of methoxy groups -OCH3 is 3. The fraction of sp³-hybridized carbons (Fsp3) is 0.250. The molecule has 0 saturated heterocycles. The zero-order chi connectivity index (χ0) is 19.6. The Morgan fingerprint density at radius 2 is 1.63 bits per heavy atom. The Bertz CT molecular complexity index is 968. The first-order valence-electron chi connectivity index (χ1n) is 8.26. The summed E-state index contributed by atoms with van der Waals surface area (Å²) >= 11 is 0. The van der Waals surface area contributed by atoms with Crippen LogP contribution in [0.25, 0.3) is 10.9 Å². The fourth-order valence-electron chi connectivity index (χ4n) is 2.94. The van der Waals surface area contributed by atoms with Gasteiger partial charge in [0.2, 0.25) is 5.75 Å². The van der Waals surface area contributed by atoms with Gasteiger partial charge >= 0.3 is 0 Å². The zero-order valence-corrected chi connectivity index (χ0v) is 15.5. The number of aryl methyl sites for hydroxylation is 1. The Kier molecular flexibility index (Phi) is 5.30. The lowest BCUT2D eigenvalue weighted by Gasteiger charge is -2.15. The van der Waals surface area contributed by atoms with Crippen molar-refractivity contribution in [2.75, 3.05) is 26.6 Å². The molecular weight excluding hydrogens is 354 g/mol. The summed E-state index contributed by atoms with van der Waals surface area (Å²) in [6, 6.07) is 8.05. The fourth-order valence-corrected chi connectivity index (χ4v) is 2.94. The summed E-state index contributed by atoms with van der Waals surface area (Å²) in [5.74, 6) is -0.287. The van der Waals surface area contributed by atoms with E-state index >= 15 is 0 Å². The van der Waals surface area contributed by atoms with Crippen LogP contribution >= 0.6 is 0 Å². The van der Waals surface area contributed by atoms with E-state index in [0.29, 0.717) is 40.6 Å². The molecule has 142 valence electrons. The van der Waals surface area contributed by atoms with E-state index in [1.54, 1.807) is 27.2 Å². The first-order chi connectivity index (χ1) is 13.0. The number of halogens is 2. The molecule has 3 aromatic rings. The van der Waals surface area contributed by atoms with Crippen molar-refractivity contribution < 1.29 is 23.0 Å². The van der Waals surface area contributed by atoms with Gasteiger partial charge in [0, 0.05) is 23.3 Å². The molecule has 3 rings (SSSR count). The van der Waals surface area contributed by atoms with Gasteiger partial charge in [0.05, 0.1) is 21.3 Å². The second-order valence-corrected chi connectivity index (χ2v) is 5.96. The lowest BCUT2D eigenvalue weighted by Crippen LogP contribution is -2.04. The molecule has 0 unspecified atom stereocenters. The van der Waals surface area contributed by atoms with Crippen molar-refractivity contribution in [2.24, 2.45) is 0 Å². The molecule has 0 aliphatic carbocycles. The van der Waals surface area contributed by atoms with E-state index in [1.807, 2.05) is 12.1 Å². The highest BCUT2D eigenvalue weighted by molar-refractivity contribution is 5.91. The average Bonchev–Trinajstić information content (AvgIpc) is 2.68. The van der Waals surface area contributed by atoms with E-state index in [0.717, 1.165) is 11.6 Å². The third-order valence-corrected chi connectivity index (χ3v) is 4.21. The third kappa shape index (κ3) is 3.58. The topological polar surface area (TPSA) is 52.6 Å². The monoisotopic (exact) mass is 374 g/mol. The molecule has 0 spiro atoms. The van der Waals surface area contributed by atoms with E-state index in [1.165, 1.54) is 13.2 Å². The molecule has 0 aliphatic rings. The maximum absolute atomic E-state index is 14.1. The van der Waals surface area contributed by atoms with Crippen LogP contribution in [0.3, 0.4) is 0 Å². The van der Waals surface area contributed by atoms with Gasteiger partial charge in [0.1, 0.15) is 5.52 Å². The van der Waals surface area contributed by atoms with E-state index in [-0.39, 0.29) is 5.52 Å². The molecule has 7 heteroatoms. The average molecular weight is 374 g/mol. The molecule has 0 atom stereocenters. The summed E-state index contributed by atoms with van der Waals surface area (Å²) in [6.07, 6.45) is 0. The van der Waals surface area contributed by atoms with Crippen LogP contribution < -0.4 is 19.5 Å². The summed E-state index contributed by atoms with van der Waals surface area (Å²) in [6.45, 7) is 2.14. The standard InChI is InChI=1S/C20H20F2N2O3/c1-11-7-15(13-5-6-14(21)18(22)19(13)24-11)23-10-12-8-16(25-2)20(27-4)17(9-12)26-3/h5-9H,10H2,1-4H3,(H,23,24). The molecule has 2 aromatic carbocycles. The normalized spacial score (nSPS) is 10.7. The van der Waals surface area contributed by atoms with Crippen molar-refractivity contribution in [1.82, 2.24) is 4.98 Å². The van der Waals surface area contributed by atoms with E-state index in [9.17, 15) is 8.78 Å². The first-order valence-corrected chi connectivity index (χ1v) is 8.26. The first kappa shape index (κ1) is 18.7. The summed E-state index contributed by atoms with van der Waals surface area (Å²) in [7, 11) is 4.63. The summed E-state index contributed by atoms with van der Waals surface area (Å²) < 4.78 is 43.6. The van der Waals surface area contributed by atoms with Gasteiger partial charge in [-0.25, -0.2) is 13.8 Å². The highest BCUT2D eigenvalue weighted by Crippen LogP contribution is 2.38. The van der Waals surface area contributed by atoms with Crippen LogP contribution in [0.15, 0.2) is 30.3 Å². The number of aromatic nitrogens is 1. The number of anilines is 1. The van der Waals surface area contributed by atoms with Gasteiger partial charge in [-0.05, 0) is 42.8 Å². The van der Waals surface area contributed by atoms with Crippen LogP contribution in [0.2, 0.25) is 0 Å².